The van der Waals surface area contributed by atoms with Gasteiger partial charge in [0, 0.05) is 11.8 Å². The van der Waals surface area contributed by atoms with E-state index in [9.17, 15) is 13.6 Å². The lowest BCUT2D eigenvalue weighted by Crippen LogP contribution is -2.16. The van der Waals surface area contributed by atoms with Crippen LogP contribution in [0.15, 0.2) is 24.4 Å². The summed E-state index contributed by atoms with van der Waals surface area (Å²) in [5.74, 6) is -3.11. The molecule has 0 unspecified atom stereocenters. The van der Waals surface area contributed by atoms with Crippen molar-refractivity contribution in [3.63, 3.8) is 0 Å². The highest BCUT2D eigenvalue weighted by Gasteiger charge is 2.19. The SMILES string of the molecule is NC(=O)c1c(F)ccc(-c2ccn[nH]2)c1F. The molecule has 6 heteroatoms. The number of nitrogens with two attached hydrogens (primary N) is 1. The molecule has 0 aliphatic rings. The first-order valence-corrected chi connectivity index (χ1v) is 4.39. The summed E-state index contributed by atoms with van der Waals surface area (Å²) in [7, 11) is 0. The van der Waals surface area contributed by atoms with Crippen LogP contribution in [0.2, 0.25) is 0 Å². The first kappa shape index (κ1) is 10.3. The molecule has 0 spiro atoms. The van der Waals surface area contributed by atoms with E-state index in [1.54, 1.807) is 0 Å². The number of aromatic nitrogens is 2. The third-order valence-corrected chi connectivity index (χ3v) is 2.13. The maximum atomic E-state index is 13.8. The van der Waals surface area contributed by atoms with Gasteiger partial charge in [-0.3, -0.25) is 9.89 Å². The van der Waals surface area contributed by atoms with Gasteiger partial charge in [-0.1, -0.05) is 0 Å². The zero-order chi connectivity index (χ0) is 11.7. The lowest BCUT2D eigenvalue weighted by Gasteiger charge is -2.05. The molecule has 2 aromatic rings. The first-order valence-electron chi connectivity index (χ1n) is 4.39. The molecule has 3 N–H and O–H groups in total. The molecular weight excluding hydrogens is 216 g/mol. The molecule has 1 aromatic carbocycles. The van der Waals surface area contributed by atoms with Gasteiger partial charge in [-0.25, -0.2) is 8.78 Å². The maximum absolute atomic E-state index is 13.8. The van der Waals surface area contributed by atoms with Gasteiger partial charge in [-0.05, 0) is 18.2 Å². The Kier molecular flexibility index (Phi) is 2.40. The number of H-pyrrole nitrogens is 1. The Morgan fingerprint density at radius 1 is 1.31 bits per heavy atom. The minimum atomic E-state index is -1.14. The standard InChI is InChI=1S/C10H7F2N3O/c11-6-2-1-5(7-3-4-14-15-7)9(12)8(6)10(13)16/h1-4H,(H2,13,16)(H,14,15). The molecule has 4 nitrogen and oxygen atoms in total. The number of rotatable bonds is 2. The Labute approximate surface area is 89.1 Å². The molecule has 0 aliphatic carbocycles. The normalized spacial score (nSPS) is 10.4. The van der Waals surface area contributed by atoms with E-state index in [1.165, 1.54) is 18.3 Å². The number of carbonyl (C=O) groups excluding carboxylic acids is 1. The van der Waals surface area contributed by atoms with E-state index in [4.69, 9.17) is 5.73 Å². The van der Waals surface area contributed by atoms with Gasteiger partial charge in [0.2, 0.25) is 0 Å². The van der Waals surface area contributed by atoms with Crippen LogP contribution in [-0.4, -0.2) is 16.1 Å². The van der Waals surface area contributed by atoms with Crippen molar-refractivity contribution in [2.24, 2.45) is 5.73 Å². The number of hydrogen-bond acceptors (Lipinski definition) is 2. The quantitative estimate of drug-likeness (QED) is 0.808. The van der Waals surface area contributed by atoms with Gasteiger partial charge in [0.15, 0.2) is 0 Å². The van der Waals surface area contributed by atoms with Gasteiger partial charge in [-0.2, -0.15) is 5.10 Å². The average Bonchev–Trinajstić information content (AvgIpc) is 2.70. The highest BCUT2D eigenvalue weighted by molar-refractivity contribution is 5.94. The summed E-state index contributed by atoms with van der Waals surface area (Å²) in [6, 6.07) is 3.70. The number of benzene rings is 1. The van der Waals surface area contributed by atoms with Crippen molar-refractivity contribution >= 4 is 5.91 Å². The fourth-order valence-electron chi connectivity index (χ4n) is 1.39. The number of hydrogen-bond donors (Lipinski definition) is 2. The Morgan fingerprint density at radius 3 is 2.62 bits per heavy atom. The van der Waals surface area contributed by atoms with Crippen LogP contribution in [0, 0.1) is 11.6 Å². The predicted molar refractivity (Wildman–Crippen MR) is 52.5 cm³/mol. The van der Waals surface area contributed by atoms with E-state index in [2.05, 4.69) is 10.2 Å². The number of primary amides is 1. The molecule has 0 atom stereocenters. The van der Waals surface area contributed by atoms with E-state index in [0.29, 0.717) is 5.69 Å². The van der Waals surface area contributed by atoms with Gasteiger partial charge < -0.3 is 5.73 Å². The van der Waals surface area contributed by atoms with Crippen LogP contribution < -0.4 is 5.73 Å². The molecule has 0 fully saturated rings. The Hall–Kier alpha value is -2.24. The van der Waals surface area contributed by atoms with Crippen molar-refractivity contribution in [2.75, 3.05) is 0 Å². The lowest BCUT2D eigenvalue weighted by molar-refractivity contribution is 0.0992. The van der Waals surface area contributed by atoms with E-state index in [1.807, 2.05) is 0 Å². The zero-order valence-corrected chi connectivity index (χ0v) is 8.00. The molecule has 16 heavy (non-hydrogen) atoms. The smallest absolute Gasteiger partial charge is 0.254 e. The number of halogens is 2. The van der Waals surface area contributed by atoms with Crippen LogP contribution in [-0.2, 0) is 0 Å². The van der Waals surface area contributed by atoms with Gasteiger partial charge in [0.1, 0.15) is 17.2 Å². The maximum Gasteiger partial charge on any atom is 0.254 e. The van der Waals surface area contributed by atoms with Crippen molar-refractivity contribution in [3.8, 4) is 11.3 Å². The van der Waals surface area contributed by atoms with Crippen LogP contribution in [0.4, 0.5) is 8.78 Å². The minimum Gasteiger partial charge on any atom is -0.365 e. The Balaban J connectivity index is 2.66. The van der Waals surface area contributed by atoms with Crippen molar-refractivity contribution in [3.05, 3.63) is 41.6 Å². The van der Waals surface area contributed by atoms with Crippen molar-refractivity contribution in [1.82, 2.24) is 10.2 Å². The summed E-state index contributed by atoms with van der Waals surface area (Å²) in [4.78, 5) is 10.9. The molecule has 0 saturated heterocycles. The van der Waals surface area contributed by atoms with E-state index >= 15 is 0 Å². The highest BCUT2D eigenvalue weighted by atomic mass is 19.1. The first-order chi connectivity index (χ1) is 7.61. The largest absolute Gasteiger partial charge is 0.365 e. The highest BCUT2D eigenvalue weighted by Crippen LogP contribution is 2.24. The molecule has 0 aliphatic heterocycles. The van der Waals surface area contributed by atoms with Crippen LogP contribution >= 0.6 is 0 Å². The van der Waals surface area contributed by atoms with Crippen LogP contribution in [0.1, 0.15) is 10.4 Å². The van der Waals surface area contributed by atoms with Gasteiger partial charge in [-0.15, -0.1) is 0 Å². The number of nitrogens with one attached hydrogen (secondary N) is 1. The van der Waals surface area contributed by atoms with Gasteiger partial charge in [0.25, 0.3) is 5.91 Å². The predicted octanol–water partition coefficient (Wildman–Crippen LogP) is 1.45. The topological polar surface area (TPSA) is 71.8 Å². The molecular formula is C10H7F2N3O. The molecule has 0 bridgehead atoms. The van der Waals surface area contributed by atoms with Crippen LogP contribution in [0.5, 0.6) is 0 Å². The van der Waals surface area contributed by atoms with Crippen LogP contribution in [0.25, 0.3) is 11.3 Å². The van der Waals surface area contributed by atoms with Crippen molar-refractivity contribution < 1.29 is 13.6 Å². The molecule has 0 radical (unpaired) electrons. The van der Waals surface area contributed by atoms with Gasteiger partial charge >= 0.3 is 0 Å². The summed E-state index contributed by atoms with van der Waals surface area (Å²) in [6.45, 7) is 0. The monoisotopic (exact) mass is 223 g/mol. The fourth-order valence-corrected chi connectivity index (χ4v) is 1.39. The molecule has 1 amide bonds. The summed E-state index contributed by atoms with van der Waals surface area (Å²) in [5, 5.41) is 6.15. The Morgan fingerprint density at radius 2 is 2.06 bits per heavy atom. The van der Waals surface area contributed by atoms with E-state index in [0.717, 1.165) is 6.07 Å². The second-order valence-corrected chi connectivity index (χ2v) is 3.12. The van der Waals surface area contributed by atoms with E-state index in [-0.39, 0.29) is 5.56 Å². The summed E-state index contributed by atoms with van der Waals surface area (Å²) < 4.78 is 26.9. The fraction of sp³-hybridized carbons (Fsp3) is 0. The molecule has 0 saturated carbocycles. The van der Waals surface area contributed by atoms with E-state index < -0.39 is 23.1 Å². The Bertz CT molecular complexity index is 537. The average molecular weight is 223 g/mol. The second kappa shape index (κ2) is 3.73. The third-order valence-electron chi connectivity index (χ3n) is 2.13. The summed E-state index contributed by atoms with van der Waals surface area (Å²) in [5.41, 5.74) is 4.55. The zero-order valence-electron chi connectivity index (χ0n) is 8.00. The molecule has 1 heterocycles. The van der Waals surface area contributed by atoms with Crippen LogP contribution in [0.3, 0.4) is 0 Å². The third kappa shape index (κ3) is 1.54. The molecule has 82 valence electrons. The van der Waals surface area contributed by atoms with Crippen molar-refractivity contribution in [2.45, 2.75) is 0 Å². The minimum absolute atomic E-state index is 0.0488. The summed E-state index contributed by atoms with van der Waals surface area (Å²) >= 11 is 0. The number of amides is 1. The lowest BCUT2D eigenvalue weighted by atomic mass is 10.1. The number of nitrogens with zero attached hydrogens (tertiary/aromatic N) is 1. The number of carbonyl (C=O) groups is 1. The molecule has 1 aromatic heterocycles. The number of aromatic amines is 1. The second-order valence-electron chi connectivity index (χ2n) is 3.12. The van der Waals surface area contributed by atoms with Gasteiger partial charge in [0.05, 0.1) is 5.69 Å². The molecule has 2 rings (SSSR count). The summed E-state index contributed by atoms with van der Waals surface area (Å²) in [6.07, 6.45) is 1.42. The van der Waals surface area contributed by atoms with Crippen molar-refractivity contribution in [1.29, 1.82) is 0 Å².